The van der Waals surface area contributed by atoms with Gasteiger partial charge in [-0.25, -0.2) is 0 Å². The maximum atomic E-state index is 12.3. The van der Waals surface area contributed by atoms with Crippen LogP contribution in [0.2, 0.25) is 5.02 Å². The maximum absolute atomic E-state index is 12.3. The number of rotatable bonds is 3. The van der Waals surface area contributed by atoms with Crippen molar-refractivity contribution in [1.82, 2.24) is 5.32 Å². The van der Waals surface area contributed by atoms with Gasteiger partial charge in [0.15, 0.2) is 0 Å². The number of benzene rings is 2. The van der Waals surface area contributed by atoms with E-state index in [1.54, 1.807) is 49.5 Å². The first kappa shape index (κ1) is 15.8. The van der Waals surface area contributed by atoms with Gasteiger partial charge in [0.05, 0.1) is 16.3 Å². The summed E-state index contributed by atoms with van der Waals surface area (Å²) in [6.45, 7) is 0. The van der Waals surface area contributed by atoms with Crippen LogP contribution < -0.4 is 10.6 Å². The molecule has 0 unspecified atom stereocenters. The highest BCUT2D eigenvalue weighted by Crippen LogP contribution is 2.21. The van der Waals surface area contributed by atoms with Crippen molar-refractivity contribution in [3.05, 3.63) is 62.2 Å². The number of nitrogens with one attached hydrogen (secondary N) is 2. The Kier molecular flexibility index (Phi) is 5.19. The Morgan fingerprint density at radius 2 is 1.81 bits per heavy atom. The minimum Gasteiger partial charge on any atom is -0.355 e. The normalized spacial score (nSPS) is 10.0. The Bertz CT molecular complexity index is 704. The smallest absolute Gasteiger partial charge is 0.255 e. The number of hydrogen-bond acceptors (Lipinski definition) is 2. The summed E-state index contributed by atoms with van der Waals surface area (Å²) < 4.78 is 0.793. The summed E-state index contributed by atoms with van der Waals surface area (Å²) in [5.41, 5.74) is 1.36. The molecule has 4 nitrogen and oxygen atoms in total. The van der Waals surface area contributed by atoms with E-state index in [1.807, 2.05) is 0 Å². The lowest BCUT2D eigenvalue weighted by atomic mass is 10.1. The second-order valence-electron chi connectivity index (χ2n) is 4.21. The van der Waals surface area contributed by atoms with Crippen LogP contribution in [0.5, 0.6) is 0 Å². The average molecular weight is 415 g/mol. The first-order valence-electron chi connectivity index (χ1n) is 6.10. The Balaban J connectivity index is 2.27. The quantitative estimate of drug-likeness (QED) is 0.755. The van der Waals surface area contributed by atoms with Crippen LogP contribution in [0.1, 0.15) is 20.7 Å². The van der Waals surface area contributed by atoms with E-state index in [0.717, 1.165) is 3.57 Å². The van der Waals surface area contributed by atoms with Gasteiger partial charge in [0.1, 0.15) is 0 Å². The van der Waals surface area contributed by atoms with Crippen LogP contribution in [-0.2, 0) is 0 Å². The van der Waals surface area contributed by atoms with Crippen LogP contribution in [-0.4, -0.2) is 18.9 Å². The van der Waals surface area contributed by atoms with Crippen molar-refractivity contribution in [3.63, 3.8) is 0 Å². The number of hydrogen-bond donors (Lipinski definition) is 2. The molecule has 0 radical (unpaired) electrons. The predicted molar refractivity (Wildman–Crippen MR) is 92.0 cm³/mol. The van der Waals surface area contributed by atoms with Crippen LogP contribution in [0.3, 0.4) is 0 Å². The van der Waals surface area contributed by atoms with Crippen LogP contribution in [0.25, 0.3) is 0 Å². The summed E-state index contributed by atoms with van der Waals surface area (Å²) in [6.07, 6.45) is 0. The fraction of sp³-hybridized carbons (Fsp3) is 0.0667. The molecule has 0 saturated heterocycles. The number of carbonyl (C=O) groups is 2. The van der Waals surface area contributed by atoms with Gasteiger partial charge >= 0.3 is 0 Å². The minimum atomic E-state index is -0.291. The lowest BCUT2D eigenvalue weighted by molar-refractivity contribution is 0.0964. The average Bonchev–Trinajstić information content (AvgIpc) is 2.49. The molecule has 2 amide bonds. The van der Waals surface area contributed by atoms with Crippen molar-refractivity contribution < 1.29 is 9.59 Å². The molecule has 0 fully saturated rings. The lowest BCUT2D eigenvalue weighted by Crippen LogP contribution is -2.21. The van der Waals surface area contributed by atoms with Gasteiger partial charge < -0.3 is 10.6 Å². The van der Waals surface area contributed by atoms with Gasteiger partial charge in [-0.3, -0.25) is 9.59 Å². The summed E-state index contributed by atoms with van der Waals surface area (Å²) in [5.74, 6) is -0.544. The molecule has 2 aromatic carbocycles. The summed E-state index contributed by atoms with van der Waals surface area (Å²) in [6, 6.07) is 11.8. The molecule has 0 heterocycles. The number of anilines is 1. The molecule has 0 aromatic heterocycles. The molecule has 0 saturated carbocycles. The highest BCUT2D eigenvalue weighted by Gasteiger charge is 2.13. The molecule has 108 valence electrons. The van der Waals surface area contributed by atoms with Crippen molar-refractivity contribution in [2.24, 2.45) is 0 Å². The van der Waals surface area contributed by atoms with E-state index in [-0.39, 0.29) is 11.8 Å². The third-order valence-electron chi connectivity index (χ3n) is 2.83. The lowest BCUT2D eigenvalue weighted by Gasteiger charge is -2.10. The van der Waals surface area contributed by atoms with Gasteiger partial charge in [-0.05, 0) is 52.9 Å². The molecular formula is C15H12ClIN2O2. The first-order valence-corrected chi connectivity index (χ1v) is 7.56. The Labute approximate surface area is 141 Å². The molecule has 2 N–H and O–H groups in total. The SMILES string of the molecule is CNC(=O)c1ccccc1NC(=O)c1ccc(Cl)c(I)c1. The van der Waals surface area contributed by atoms with Crippen molar-refractivity contribution in [2.45, 2.75) is 0 Å². The second-order valence-corrected chi connectivity index (χ2v) is 5.78. The van der Waals surface area contributed by atoms with Gasteiger partial charge in [0.25, 0.3) is 11.8 Å². The third kappa shape index (κ3) is 3.74. The van der Waals surface area contributed by atoms with E-state index >= 15 is 0 Å². The van der Waals surface area contributed by atoms with Gasteiger partial charge in [-0.15, -0.1) is 0 Å². The molecule has 0 aliphatic rings. The van der Waals surface area contributed by atoms with E-state index in [1.165, 1.54) is 0 Å². The van der Waals surface area contributed by atoms with Gasteiger partial charge in [0, 0.05) is 16.2 Å². The first-order chi connectivity index (χ1) is 10.0. The number of para-hydroxylation sites is 1. The molecule has 2 rings (SSSR count). The summed E-state index contributed by atoms with van der Waals surface area (Å²) >= 11 is 8.00. The zero-order valence-electron chi connectivity index (χ0n) is 11.1. The maximum Gasteiger partial charge on any atom is 0.255 e. The number of carbonyl (C=O) groups excluding carboxylic acids is 2. The van der Waals surface area contributed by atoms with E-state index < -0.39 is 0 Å². The number of halogens is 2. The molecule has 0 aliphatic heterocycles. The van der Waals surface area contributed by atoms with Crippen molar-refractivity contribution in [2.75, 3.05) is 12.4 Å². The molecule has 6 heteroatoms. The van der Waals surface area contributed by atoms with Crippen LogP contribution in [0.15, 0.2) is 42.5 Å². The van der Waals surface area contributed by atoms with E-state index in [2.05, 4.69) is 33.2 Å². The minimum absolute atomic E-state index is 0.253. The topological polar surface area (TPSA) is 58.2 Å². The van der Waals surface area contributed by atoms with E-state index in [9.17, 15) is 9.59 Å². The molecule has 2 aromatic rings. The van der Waals surface area contributed by atoms with Crippen LogP contribution >= 0.6 is 34.2 Å². The van der Waals surface area contributed by atoms with Crippen molar-refractivity contribution >= 4 is 51.7 Å². The summed E-state index contributed by atoms with van der Waals surface area (Å²) in [7, 11) is 1.54. The van der Waals surface area contributed by atoms with Gasteiger partial charge in [-0.1, -0.05) is 23.7 Å². The number of amides is 2. The Morgan fingerprint density at radius 3 is 2.48 bits per heavy atom. The Morgan fingerprint density at radius 1 is 1.10 bits per heavy atom. The van der Waals surface area contributed by atoms with Crippen LogP contribution in [0, 0.1) is 3.57 Å². The summed E-state index contributed by atoms with van der Waals surface area (Å²) in [5, 5.41) is 5.88. The highest BCUT2D eigenvalue weighted by atomic mass is 127. The predicted octanol–water partition coefficient (Wildman–Crippen LogP) is 3.56. The zero-order chi connectivity index (χ0) is 15.4. The monoisotopic (exact) mass is 414 g/mol. The fourth-order valence-electron chi connectivity index (χ4n) is 1.76. The fourth-order valence-corrected chi connectivity index (χ4v) is 2.39. The third-order valence-corrected chi connectivity index (χ3v) is 4.37. The molecule has 0 atom stereocenters. The molecule has 21 heavy (non-hydrogen) atoms. The summed E-state index contributed by atoms with van der Waals surface area (Å²) in [4.78, 5) is 24.0. The zero-order valence-corrected chi connectivity index (χ0v) is 14.0. The standard InChI is InChI=1S/C15H12ClIN2O2/c1-18-15(21)10-4-2-3-5-13(10)19-14(20)9-6-7-11(16)12(17)8-9/h2-8H,1H3,(H,18,21)(H,19,20). The van der Waals surface area contributed by atoms with Gasteiger partial charge in [0.2, 0.25) is 0 Å². The molecule has 0 aliphatic carbocycles. The van der Waals surface area contributed by atoms with E-state index in [0.29, 0.717) is 21.8 Å². The molecule has 0 bridgehead atoms. The van der Waals surface area contributed by atoms with Crippen LogP contribution in [0.4, 0.5) is 5.69 Å². The van der Waals surface area contributed by atoms with Gasteiger partial charge in [-0.2, -0.15) is 0 Å². The molecular weight excluding hydrogens is 403 g/mol. The van der Waals surface area contributed by atoms with Crippen molar-refractivity contribution in [1.29, 1.82) is 0 Å². The van der Waals surface area contributed by atoms with Crippen molar-refractivity contribution in [3.8, 4) is 0 Å². The largest absolute Gasteiger partial charge is 0.355 e. The second kappa shape index (κ2) is 6.91. The highest BCUT2D eigenvalue weighted by molar-refractivity contribution is 14.1. The van der Waals surface area contributed by atoms with E-state index in [4.69, 9.17) is 11.6 Å². The Hall–Kier alpha value is -1.60. The molecule has 0 spiro atoms.